The van der Waals surface area contributed by atoms with Crippen LogP contribution in [0, 0.1) is 19.8 Å². The second-order valence-electron chi connectivity index (χ2n) is 9.20. The topological polar surface area (TPSA) is 47.8 Å². The lowest BCUT2D eigenvalue weighted by molar-refractivity contribution is -0.137. The highest BCUT2D eigenvalue weighted by Gasteiger charge is 2.34. The number of alkyl halides is 3. The molecule has 0 N–H and O–H groups in total. The molecule has 1 aliphatic rings. The summed E-state index contributed by atoms with van der Waals surface area (Å²) in [4.78, 5) is 24.5. The van der Waals surface area contributed by atoms with Gasteiger partial charge in [0.15, 0.2) is 5.78 Å². The molecule has 0 amide bonds. The Morgan fingerprint density at radius 3 is 2.78 bits per heavy atom. The summed E-state index contributed by atoms with van der Waals surface area (Å²) in [5.74, 6) is 0.722. The molecule has 0 aliphatic heterocycles. The first-order chi connectivity index (χ1) is 17.0. The van der Waals surface area contributed by atoms with E-state index in [1.165, 1.54) is 34.3 Å². The molecule has 1 atom stereocenters. The summed E-state index contributed by atoms with van der Waals surface area (Å²) < 4.78 is 41.8. The second kappa shape index (κ2) is 9.50. The highest BCUT2D eigenvalue weighted by Crippen LogP contribution is 2.41. The molecule has 0 unspecified atom stereocenters. The summed E-state index contributed by atoms with van der Waals surface area (Å²) in [5, 5.41) is 1.51. The summed E-state index contributed by atoms with van der Waals surface area (Å²) in [6, 6.07) is 5.50. The van der Waals surface area contributed by atoms with Crippen molar-refractivity contribution in [1.82, 2.24) is 14.5 Å². The van der Waals surface area contributed by atoms with Crippen LogP contribution in [0.3, 0.4) is 0 Å². The van der Waals surface area contributed by atoms with Crippen LogP contribution in [0.5, 0.6) is 0 Å². The molecule has 5 rings (SSSR count). The number of aryl methyl sites for hydroxylation is 2. The number of thioether (sulfide) groups is 1. The summed E-state index contributed by atoms with van der Waals surface area (Å²) >= 11 is 8.90. The molecule has 0 saturated carbocycles. The van der Waals surface area contributed by atoms with Gasteiger partial charge >= 0.3 is 6.18 Å². The number of hydrogen-bond donors (Lipinski definition) is 0. The van der Waals surface area contributed by atoms with E-state index < -0.39 is 11.7 Å². The lowest BCUT2D eigenvalue weighted by atomic mass is 9.89. The van der Waals surface area contributed by atoms with Gasteiger partial charge in [0.1, 0.15) is 16.2 Å². The first kappa shape index (κ1) is 25.3. The molecule has 0 spiro atoms. The van der Waals surface area contributed by atoms with Gasteiger partial charge in [-0.15, -0.1) is 11.3 Å². The smallest absolute Gasteiger partial charge is 0.318 e. The number of carbonyl (C=O) groups is 1. The minimum atomic E-state index is -4.57. The molecule has 0 radical (unpaired) electrons. The van der Waals surface area contributed by atoms with Crippen molar-refractivity contribution in [3.63, 3.8) is 0 Å². The van der Waals surface area contributed by atoms with Gasteiger partial charge in [-0.05, 0) is 68.9 Å². The summed E-state index contributed by atoms with van der Waals surface area (Å²) in [5.41, 5.74) is 2.45. The maximum Gasteiger partial charge on any atom is 0.417 e. The minimum Gasteiger partial charge on any atom is -0.318 e. The van der Waals surface area contributed by atoms with Gasteiger partial charge in [0.2, 0.25) is 0 Å². The average Bonchev–Trinajstić information content (AvgIpc) is 3.33. The number of rotatable bonds is 5. The van der Waals surface area contributed by atoms with E-state index in [0.717, 1.165) is 40.6 Å². The van der Waals surface area contributed by atoms with Crippen LogP contribution in [0.4, 0.5) is 13.2 Å². The Kier molecular flexibility index (Phi) is 6.68. The zero-order valence-corrected chi connectivity index (χ0v) is 22.3. The lowest BCUT2D eigenvalue weighted by Crippen LogP contribution is -2.09. The first-order valence-electron chi connectivity index (χ1n) is 11.5. The Morgan fingerprint density at radius 1 is 1.25 bits per heavy atom. The van der Waals surface area contributed by atoms with Gasteiger partial charge in [0.25, 0.3) is 0 Å². The van der Waals surface area contributed by atoms with E-state index in [9.17, 15) is 18.0 Å². The number of hydrogen-bond acceptors (Lipinski definition) is 5. The number of aromatic nitrogens is 3. The zero-order chi connectivity index (χ0) is 25.8. The van der Waals surface area contributed by atoms with Gasteiger partial charge in [-0.25, -0.2) is 9.97 Å². The van der Waals surface area contributed by atoms with Gasteiger partial charge in [0.05, 0.1) is 16.3 Å². The van der Waals surface area contributed by atoms with Crippen LogP contribution in [0.1, 0.15) is 51.1 Å². The second-order valence-corrected chi connectivity index (χ2v) is 11.7. The van der Waals surface area contributed by atoms with Crippen molar-refractivity contribution in [1.29, 1.82) is 0 Å². The van der Waals surface area contributed by atoms with Crippen LogP contribution >= 0.6 is 34.7 Å². The number of fused-ring (bicyclic) bond motifs is 3. The van der Waals surface area contributed by atoms with E-state index in [4.69, 9.17) is 11.6 Å². The van der Waals surface area contributed by atoms with E-state index >= 15 is 0 Å². The van der Waals surface area contributed by atoms with Gasteiger partial charge in [0, 0.05) is 32.9 Å². The number of nitrogens with zero attached hydrogens (tertiary/aromatic N) is 3. The molecule has 3 aromatic heterocycles. The largest absolute Gasteiger partial charge is 0.417 e. The average molecular weight is 550 g/mol. The molecule has 1 aliphatic carbocycles. The number of halogens is 4. The molecule has 10 heteroatoms. The van der Waals surface area contributed by atoms with Crippen molar-refractivity contribution in [2.45, 2.75) is 51.2 Å². The SMILES string of the molecule is Cc1cc(C(=O)CSc2ncnc3sc4c(c23)CC[C@@H](C)C4)c(C)n1-c1ccc(Cl)c(C(F)(F)F)c1. The van der Waals surface area contributed by atoms with Crippen LogP contribution in [0.15, 0.2) is 35.6 Å². The molecule has 0 fully saturated rings. The monoisotopic (exact) mass is 549 g/mol. The summed E-state index contributed by atoms with van der Waals surface area (Å²) in [6.07, 6.45) is 0.146. The normalized spacial score (nSPS) is 15.9. The molecule has 4 nitrogen and oxygen atoms in total. The van der Waals surface area contributed by atoms with E-state index in [2.05, 4.69) is 16.9 Å². The van der Waals surface area contributed by atoms with Crippen LogP contribution in [0.25, 0.3) is 15.9 Å². The van der Waals surface area contributed by atoms with Crippen molar-refractivity contribution in [3.05, 3.63) is 68.6 Å². The predicted octanol–water partition coefficient (Wildman–Crippen LogP) is 7.87. The summed E-state index contributed by atoms with van der Waals surface area (Å²) in [6.45, 7) is 5.77. The standard InChI is InChI=1S/C26H23ClF3N3OS2/c1-13-4-6-17-22(8-13)36-25-23(17)24(31-12-32-25)35-11-21(34)18-9-14(2)33(15(18)3)16-5-7-20(27)19(10-16)26(28,29)30/h5,7,9-10,12-13H,4,6,8,11H2,1-3H3/t13-/m1/s1. The molecule has 188 valence electrons. The molecule has 0 saturated heterocycles. The molecule has 1 aromatic carbocycles. The minimum absolute atomic E-state index is 0.103. The third-order valence-electron chi connectivity index (χ3n) is 6.64. The Labute approximate surface area is 219 Å². The molecule has 0 bridgehead atoms. The zero-order valence-electron chi connectivity index (χ0n) is 19.9. The van der Waals surface area contributed by atoms with E-state index in [-0.39, 0.29) is 16.6 Å². The summed E-state index contributed by atoms with van der Waals surface area (Å²) in [7, 11) is 0. The Hall–Kier alpha value is -2.36. The Morgan fingerprint density at radius 2 is 2.03 bits per heavy atom. The third-order valence-corrected chi connectivity index (χ3v) is 9.12. The lowest BCUT2D eigenvalue weighted by Gasteiger charge is -2.18. The van der Waals surface area contributed by atoms with Crippen molar-refractivity contribution in [2.24, 2.45) is 5.92 Å². The van der Waals surface area contributed by atoms with E-state index in [1.54, 1.807) is 42.1 Å². The molecular weight excluding hydrogens is 527 g/mol. The van der Waals surface area contributed by atoms with Gasteiger partial charge in [-0.1, -0.05) is 30.3 Å². The molecule has 4 aromatic rings. The number of thiophene rings is 1. The van der Waals surface area contributed by atoms with Crippen LogP contribution in [-0.4, -0.2) is 26.1 Å². The quantitative estimate of drug-likeness (QED) is 0.144. The molecular formula is C26H23ClF3N3OS2. The maximum atomic E-state index is 13.4. The van der Waals surface area contributed by atoms with Crippen LogP contribution in [-0.2, 0) is 19.0 Å². The fraction of sp³-hybridized carbons (Fsp3) is 0.346. The number of benzene rings is 1. The Bertz CT molecular complexity index is 1490. The van der Waals surface area contributed by atoms with Crippen molar-refractivity contribution >= 4 is 50.7 Å². The first-order valence-corrected chi connectivity index (χ1v) is 13.7. The Balaban J connectivity index is 1.42. The fourth-order valence-electron chi connectivity index (χ4n) is 4.88. The van der Waals surface area contributed by atoms with Crippen molar-refractivity contribution < 1.29 is 18.0 Å². The van der Waals surface area contributed by atoms with E-state index in [0.29, 0.717) is 28.6 Å². The fourth-order valence-corrected chi connectivity index (χ4v) is 7.43. The van der Waals surface area contributed by atoms with E-state index in [1.807, 2.05) is 0 Å². The molecule has 3 heterocycles. The molecule has 36 heavy (non-hydrogen) atoms. The van der Waals surface area contributed by atoms with Crippen LogP contribution < -0.4 is 0 Å². The number of Topliss-reactive ketones (excluding diaryl/α,β-unsaturated/α-hetero) is 1. The highest BCUT2D eigenvalue weighted by molar-refractivity contribution is 8.00. The van der Waals surface area contributed by atoms with Gasteiger partial charge in [-0.3, -0.25) is 4.79 Å². The predicted molar refractivity (Wildman–Crippen MR) is 139 cm³/mol. The van der Waals surface area contributed by atoms with Crippen molar-refractivity contribution in [2.75, 3.05) is 5.75 Å². The van der Waals surface area contributed by atoms with Crippen molar-refractivity contribution in [3.8, 4) is 5.69 Å². The van der Waals surface area contributed by atoms with Crippen LogP contribution in [0.2, 0.25) is 5.02 Å². The third kappa shape index (κ3) is 4.57. The number of carbonyl (C=O) groups excluding carboxylic acids is 1. The van der Waals surface area contributed by atoms with Gasteiger partial charge < -0.3 is 4.57 Å². The van der Waals surface area contributed by atoms with Gasteiger partial charge in [-0.2, -0.15) is 13.2 Å². The number of ketones is 1. The maximum absolute atomic E-state index is 13.4. The highest BCUT2D eigenvalue weighted by atomic mass is 35.5.